The van der Waals surface area contributed by atoms with Gasteiger partial charge in [-0.05, 0) is 37.6 Å². The minimum Gasteiger partial charge on any atom is -0.471 e. The molecule has 0 amide bonds. The first-order valence-corrected chi connectivity index (χ1v) is 4.80. The highest BCUT2D eigenvalue weighted by atomic mass is 19.1. The molecule has 2 aromatic rings. The Morgan fingerprint density at radius 2 is 1.94 bits per heavy atom. The molecular formula is C12H14FNO2. The van der Waals surface area contributed by atoms with Crippen molar-refractivity contribution in [1.29, 1.82) is 0 Å². The maximum Gasteiger partial charge on any atom is 0.292 e. The summed E-state index contributed by atoms with van der Waals surface area (Å²) in [4.78, 5) is 12.0. The van der Waals surface area contributed by atoms with Gasteiger partial charge in [-0.1, -0.05) is 0 Å². The fraction of sp³-hybridized carbons (Fsp3) is 0.250. The summed E-state index contributed by atoms with van der Waals surface area (Å²) in [6, 6.07) is 5.41. The van der Waals surface area contributed by atoms with Gasteiger partial charge in [0.15, 0.2) is 0 Å². The molecule has 0 atom stereocenters. The lowest BCUT2D eigenvalue weighted by Gasteiger charge is -1.94. The first kappa shape index (κ1) is 12.2. The summed E-state index contributed by atoms with van der Waals surface area (Å²) in [6.45, 7) is 4.12. The molecule has 3 nitrogen and oxygen atoms in total. The molecule has 0 saturated carbocycles. The van der Waals surface area contributed by atoms with E-state index in [0.717, 1.165) is 16.6 Å². The number of H-pyrrole nitrogens is 1. The summed E-state index contributed by atoms with van der Waals surface area (Å²) in [5.74, 6) is -0.149. The highest BCUT2D eigenvalue weighted by molar-refractivity contribution is 5.81. The Hall–Kier alpha value is -1.84. The molecule has 0 radical (unpaired) electrons. The van der Waals surface area contributed by atoms with E-state index >= 15 is 0 Å². The van der Waals surface area contributed by atoms with Crippen LogP contribution in [0.3, 0.4) is 0 Å². The standard InChI is InChI=1S/C10H10FN.C2H4O2/c1-6-3-8-4-7(2)12-10(8)5-9(6)11;1-4-2-3/h3-5,12H,1-2H3;2H,1H3. The molecule has 0 unspecified atom stereocenters. The van der Waals surface area contributed by atoms with Crippen molar-refractivity contribution in [3.05, 3.63) is 35.3 Å². The number of hydrogen-bond acceptors (Lipinski definition) is 2. The third kappa shape index (κ3) is 2.82. The van der Waals surface area contributed by atoms with Crippen LogP contribution >= 0.6 is 0 Å². The van der Waals surface area contributed by atoms with Gasteiger partial charge in [0.2, 0.25) is 0 Å². The minimum absolute atomic E-state index is 0.149. The van der Waals surface area contributed by atoms with Crippen molar-refractivity contribution in [1.82, 2.24) is 4.98 Å². The number of rotatable bonds is 1. The number of aromatic amines is 1. The second kappa shape index (κ2) is 5.30. The number of nitrogens with one attached hydrogen (secondary N) is 1. The second-order valence-electron chi connectivity index (χ2n) is 3.47. The van der Waals surface area contributed by atoms with Crippen LogP contribution in [0.15, 0.2) is 18.2 Å². The maximum atomic E-state index is 13.0. The van der Waals surface area contributed by atoms with E-state index in [9.17, 15) is 4.39 Å². The molecule has 1 N–H and O–H groups in total. The van der Waals surface area contributed by atoms with Crippen molar-refractivity contribution in [3.63, 3.8) is 0 Å². The van der Waals surface area contributed by atoms with Crippen LogP contribution in [0.5, 0.6) is 0 Å². The number of ether oxygens (including phenoxy) is 1. The van der Waals surface area contributed by atoms with Gasteiger partial charge in [0.05, 0.1) is 7.11 Å². The number of benzene rings is 1. The van der Waals surface area contributed by atoms with Gasteiger partial charge < -0.3 is 9.72 Å². The molecule has 1 aromatic carbocycles. The SMILES string of the molecule is COC=O.Cc1cc2cc(C)c(F)cc2[nH]1. The van der Waals surface area contributed by atoms with Gasteiger partial charge in [0, 0.05) is 16.6 Å². The highest BCUT2D eigenvalue weighted by Gasteiger charge is 2.01. The number of fused-ring (bicyclic) bond motifs is 1. The molecular weight excluding hydrogens is 209 g/mol. The zero-order chi connectivity index (χ0) is 12.1. The summed E-state index contributed by atoms with van der Waals surface area (Å²) in [6.07, 6.45) is 0. The lowest BCUT2D eigenvalue weighted by Crippen LogP contribution is -1.80. The first-order chi connectivity index (χ1) is 7.58. The van der Waals surface area contributed by atoms with Gasteiger partial charge in [-0.3, -0.25) is 4.79 Å². The maximum absolute atomic E-state index is 13.0. The van der Waals surface area contributed by atoms with Crippen molar-refractivity contribution in [3.8, 4) is 0 Å². The van der Waals surface area contributed by atoms with E-state index in [1.165, 1.54) is 13.2 Å². The highest BCUT2D eigenvalue weighted by Crippen LogP contribution is 2.18. The Balaban J connectivity index is 0.000000280. The van der Waals surface area contributed by atoms with E-state index in [1.54, 1.807) is 6.92 Å². The Bertz CT molecular complexity index is 452. The predicted molar refractivity (Wildman–Crippen MR) is 60.8 cm³/mol. The fourth-order valence-corrected chi connectivity index (χ4v) is 1.41. The van der Waals surface area contributed by atoms with Crippen LogP contribution in [0.2, 0.25) is 0 Å². The number of halogens is 1. The molecule has 0 aliphatic carbocycles. The molecule has 0 aliphatic heterocycles. The van der Waals surface area contributed by atoms with Crippen molar-refractivity contribution >= 4 is 17.4 Å². The van der Waals surface area contributed by atoms with Crippen molar-refractivity contribution in [2.24, 2.45) is 0 Å². The zero-order valence-corrected chi connectivity index (χ0v) is 9.50. The van der Waals surface area contributed by atoms with Crippen LogP contribution in [0.1, 0.15) is 11.3 Å². The number of aromatic nitrogens is 1. The number of methoxy groups -OCH3 is 1. The summed E-state index contributed by atoms with van der Waals surface area (Å²) >= 11 is 0. The van der Waals surface area contributed by atoms with Gasteiger partial charge in [-0.2, -0.15) is 0 Å². The van der Waals surface area contributed by atoms with E-state index < -0.39 is 0 Å². The van der Waals surface area contributed by atoms with Gasteiger partial charge >= 0.3 is 0 Å². The van der Waals surface area contributed by atoms with Crippen LogP contribution in [0.25, 0.3) is 10.9 Å². The topological polar surface area (TPSA) is 42.1 Å². The lowest BCUT2D eigenvalue weighted by atomic mass is 10.2. The molecule has 0 aliphatic rings. The average molecular weight is 223 g/mol. The van der Waals surface area contributed by atoms with Crippen molar-refractivity contribution in [2.45, 2.75) is 13.8 Å². The molecule has 16 heavy (non-hydrogen) atoms. The Morgan fingerprint density at radius 1 is 1.31 bits per heavy atom. The van der Waals surface area contributed by atoms with Gasteiger partial charge in [0.25, 0.3) is 6.47 Å². The number of aryl methyl sites for hydroxylation is 2. The quantitative estimate of drug-likeness (QED) is 0.755. The van der Waals surface area contributed by atoms with E-state index in [1.807, 2.05) is 19.1 Å². The molecule has 86 valence electrons. The van der Waals surface area contributed by atoms with E-state index in [2.05, 4.69) is 9.72 Å². The van der Waals surface area contributed by atoms with E-state index in [-0.39, 0.29) is 5.82 Å². The second-order valence-corrected chi connectivity index (χ2v) is 3.47. The zero-order valence-electron chi connectivity index (χ0n) is 9.50. The molecule has 0 bridgehead atoms. The van der Waals surface area contributed by atoms with Gasteiger partial charge in [-0.25, -0.2) is 4.39 Å². The van der Waals surface area contributed by atoms with Crippen molar-refractivity contribution in [2.75, 3.05) is 7.11 Å². The molecule has 1 aromatic heterocycles. The van der Waals surface area contributed by atoms with Gasteiger partial charge in [0.1, 0.15) is 5.82 Å². The monoisotopic (exact) mass is 223 g/mol. The van der Waals surface area contributed by atoms with Gasteiger partial charge in [-0.15, -0.1) is 0 Å². The summed E-state index contributed by atoms with van der Waals surface area (Å²) in [7, 11) is 1.31. The summed E-state index contributed by atoms with van der Waals surface area (Å²) in [5.41, 5.74) is 2.63. The predicted octanol–water partition coefficient (Wildman–Crippen LogP) is 2.71. The minimum atomic E-state index is -0.149. The molecule has 0 saturated heterocycles. The molecule has 0 fully saturated rings. The molecule has 4 heteroatoms. The average Bonchev–Trinajstić information content (AvgIpc) is 2.59. The Kier molecular flexibility index (Phi) is 4.05. The third-order valence-corrected chi connectivity index (χ3v) is 2.13. The van der Waals surface area contributed by atoms with Crippen LogP contribution in [-0.4, -0.2) is 18.6 Å². The molecule has 0 spiro atoms. The normalized spacial score (nSPS) is 9.50. The van der Waals surface area contributed by atoms with Crippen LogP contribution in [0, 0.1) is 19.7 Å². The Labute approximate surface area is 93.2 Å². The van der Waals surface area contributed by atoms with Crippen LogP contribution < -0.4 is 0 Å². The van der Waals surface area contributed by atoms with Crippen molar-refractivity contribution < 1.29 is 13.9 Å². The number of carbonyl (C=O) groups excluding carboxylic acids is 1. The third-order valence-electron chi connectivity index (χ3n) is 2.13. The first-order valence-electron chi connectivity index (χ1n) is 4.80. The molecule has 2 rings (SSSR count). The molecule has 1 heterocycles. The summed E-state index contributed by atoms with van der Waals surface area (Å²) < 4.78 is 16.9. The van der Waals surface area contributed by atoms with Crippen LogP contribution in [0.4, 0.5) is 4.39 Å². The largest absolute Gasteiger partial charge is 0.471 e. The number of carbonyl (C=O) groups is 1. The number of hydrogen-bond donors (Lipinski definition) is 1. The summed E-state index contributed by atoms with van der Waals surface area (Å²) in [5, 5.41) is 1.08. The van der Waals surface area contributed by atoms with Crippen LogP contribution in [-0.2, 0) is 9.53 Å². The fourth-order valence-electron chi connectivity index (χ4n) is 1.41. The van der Waals surface area contributed by atoms with E-state index in [0.29, 0.717) is 12.0 Å². The Morgan fingerprint density at radius 3 is 2.50 bits per heavy atom. The lowest BCUT2D eigenvalue weighted by molar-refractivity contribution is -0.126. The van der Waals surface area contributed by atoms with E-state index in [4.69, 9.17) is 4.79 Å². The smallest absolute Gasteiger partial charge is 0.292 e.